The monoisotopic (exact) mass is 303 g/mol. The van der Waals surface area contributed by atoms with Crippen molar-refractivity contribution in [2.24, 2.45) is 0 Å². The first-order chi connectivity index (χ1) is 10.2. The summed E-state index contributed by atoms with van der Waals surface area (Å²) in [5.41, 5.74) is 2.62. The molecule has 5 heteroatoms. The molecule has 0 bridgehead atoms. The third-order valence-electron chi connectivity index (χ3n) is 3.07. The Hall–Kier alpha value is -1.88. The topological polar surface area (TPSA) is 54.0 Å². The summed E-state index contributed by atoms with van der Waals surface area (Å²) in [6.07, 6.45) is 1.79. The van der Waals surface area contributed by atoms with E-state index in [-0.39, 0.29) is 5.91 Å². The lowest BCUT2D eigenvalue weighted by Crippen LogP contribution is -2.26. The predicted molar refractivity (Wildman–Crippen MR) is 88.1 cm³/mol. The Morgan fingerprint density at radius 2 is 2.10 bits per heavy atom. The number of para-hydroxylation sites is 1. The van der Waals surface area contributed by atoms with Crippen molar-refractivity contribution in [3.63, 3.8) is 0 Å². The number of nitrogens with zero attached hydrogens (tertiary/aromatic N) is 1. The smallest absolute Gasteiger partial charge is 0.253 e. The Kier molecular flexibility index (Phi) is 5.75. The first-order valence-electron chi connectivity index (χ1n) is 7.22. The molecular weight excluding hydrogens is 282 g/mol. The predicted octanol–water partition coefficient (Wildman–Crippen LogP) is 3.25. The molecule has 0 atom stereocenters. The fraction of sp³-hybridized carbons (Fsp3) is 0.375. The fourth-order valence-electron chi connectivity index (χ4n) is 2.02. The summed E-state index contributed by atoms with van der Waals surface area (Å²) in [5, 5.41) is 9.34. The van der Waals surface area contributed by atoms with E-state index in [9.17, 15) is 4.79 Å². The first kappa shape index (κ1) is 15.5. The number of hydrogen-bond donors (Lipinski definition) is 2. The molecule has 0 aliphatic carbocycles. The SMILES string of the molecule is CCCNc1ccccc1C(=O)NCCc1csc(C)n1. The number of aryl methyl sites for hydroxylation is 1. The molecule has 0 saturated carbocycles. The highest BCUT2D eigenvalue weighted by molar-refractivity contribution is 7.09. The van der Waals surface area contributed by atoms with Gasteiger partial charge in [-0.3, -0.25) is 4.79 Å². The summed E-state index contributed by atoms with van der Waals surface area (Å²) < 4.78 is 0. The standard InChI is InChI=1S/C16H21N3OS/c1-3-9-17-15-7-5-4-6-14(15)16(20)18-10-8-13-11-21-12(2)19-13/h4-7,11,17H,3,8-10H2,1-2H3,(H,18,20). The second kappa shape index (κ2) is 7.78. The van der Waals surface area contributed by atoms with E-state index < -0.39 is 0 Å². The van der Waals surface area contributed by atoms with Crippen molar-refractivity contribution in [3.8, 4) is 0 Å². The highest BCUT2D eigenvalue weighted by Gasteiger charge is 2.10. The van der Waals surface area contributed by atoms with Gasteiger partial charge in [-0.05, 0) is 25.5 Å². The average molecular weight is 303 g/mol. The lowest BCUT2D eigenvalue weighted by atomic mass is 10.1. The Morgan fingerprint density at radius 1 is 1.29 bits per heavy atom. The maximum absolute atomic E-state index is 12.3. The van der Waals surface area contributed by atoms with Gasteiger partial charge in [0.1, 0.15) is 0 Å². The van der Waals surface area contributed by atoms with Crippen LogP contribution in [0.25, 0.3) is 0 Å². The second-order valence-electron chi connectivity index (χ2n) is 4.84. The van der Waals surface area contributed by atoms with Gasteiger partial charge >= 0.3 is 0 Å². The van der Waals surface area contributed by atoms with Crippen molar-refractivity contribution < 1.29 is 4.79 Å². The molecule has 4 nitrogen and oxygen atoms in total. The highest BCUT2D eigenvalue weighted by atomic mass is 32.1. The van der Waals surface area contributed by atoms with Crippen molar-refractivity contribution in [1.82, 2.24) is 10.3 Å². The molecule has 1 amide bonds. The minimum atomic E-state index is -0.0406. The molecule has 2 rings (SSSR count). The number of benzene rings is 1. The lowest BCUT2D eigenvalue weighted by molar-refractivity contribution is 0.0955. The molecule has 2 N–H and O–H groups in total. The third kappa shape index (κ3) is 4.56. The van der Waals surface area contributed by atoms with E-state index in [1.165, 1.54) is 0 Å². The summed E-state index contributed by atoms with van der Waals surface area (Å²) in [4.78, 5) is 16.6. The molecule has 1 aromatic heterocycles. The molecule has 0 radical (unpaired) electrons. The van der Waals surface area contributed by atoms with Crippen molar-refractivity contribution in [2.75, 3.05) is 18.4 Å². The fourth-order valence-corrected chi connectivity index (χ4v) is 2.66. The molecular formula is C16H21N3OS. The molecule has 0 saturated heterocycles. The molecule has 0 spiro atoms. The summed E-state index contributed by atoms with van der Waals surface area (Å²) in [6.45, 7) is 5.56. The van der Waals surface area contributed by atoms with Gasteiger partial charge in [-0.15, -0.1) is 11.3 Å². The van der Waals surface area contributed by atoms with Crippen LogP contribution in [0.15, 0.2) is 29.6 Å². The van der Waals surface area contributed by atoms with Crippen LogP contribution in [0.1, 0.15) is 34.4 Å². The number of rotatable bonds is 7. The zero-order valence-corrected chi connectivity index (χ0v) is 13.3. The minimum absolute atomic E-state index is 0.0406. The van der Waals surface area contributed by atoms with Crippen molar-refractivity contribution in [3.05, 3.63) is 45.9 Å². The number of amides is 1. The zero-order chi connectivity index (χ0) is 15.1. The molecule has 0 fully saturated rings. The minimum Gasteiger partial charge on any atom is -0.384 e. The van der Waals surface area contributed by atoms with Crippen molar-refractivity contribution in [2.45, 2.75) is 26.7 Å². The van der Waals surface area contributed by atoms with Crippen LogP contribution in [-0.4, -0.2) is 24.0 Å². The van der Waals surface area contributed by atoms with Gasteiger partial charge in [0, 0.05) is 30.6 Å². The second-order valence-corrected chi connectivity index (χ2v) is 5.90. The van der Waals surface area contributed by atoms with Gasteiger partial charge in [-0.2, -0.15) is 0 Å². The van der Waals surface area contributed by atoms with Crippen LogP contribution in [0, 0.1) is 6.92 Å². The van der Waals surface area contributed by atoms with Crippen LogP contribution in [-0.2, 0) is 6.42 Å². The Morgan fingerprint density at radius 3 is 2.81 bits per heavy atom. The van der Waals surface area contributed by atoms with Crippen molar-refractivity contribution in [1.29, 1.82) is 0 Å². The molecule has 21 heavy (non-hydrogen) atoms. The van der Waals surface area contributed by atoms with Gasteiger partial charge in [-0.1, -0.05) is 19.1 Å². The maximum Gasteiger partial charge on any atom is 0.253 e. The van der Waals surface area contributed by atoms with E-state index >= 15 is 0 Å². The maximum atomic E-state index is 12.3. The van der Waals surface area contributed by atoms with Crippen LogP contribution in [0.3, 0.4) is 0 Å². The van der Waals surface area contributed by atoms with E-state index in [0.29, 0.717) is 12.1 Å². The summed E-state index contributed by atoms with van der Waals surface area (Å²) in [5.74, 6) is -0.0406. The van der Waals surface area contributed by atoms with Gasteiger partial charge < -0.3 is 10.6 Å². The largest absolute Gasteiger partial charge is 0.384 e. The number of thiazole rings is 1. The number of nitrogens with one attached hydrogen (secondary N) is 2. The van der Waals surface area contributed by atoms with E-state index in [1.807, 2.05) is 36.6 Å². The summed E-state index contributed by atoms with van der Waals surface area (Å²) in [7, 11) is 0. The number of hydrogen-bond acceptors (Lipinski definition) is 4. The quantitative estimate of drug-likeness (QED) is 0.825. The first-order valence-corrected chi connectivity index (χ1v) is 8.10. The van der Waals surface area contributed by atoms with Crippen LogP contribution < -0.4 is 10.6 Å². The van der Waals surface area contributed by atoms with Gasteiger partial charge in [0.25, 0.3) is 5.91 Å². The van der Waals surface area contributed by atoms with Crippen LogP contribution in [0.2, 0.25) is 0 Å². The van der Waals surface area contributed by atoms with Gasteiger partial charge in [0.15, 0.2) is 0 Å². The highest BCUT2D eigenvalue weighted by Crippen LogP contribution is 2.15. The summed E-state index contributed by atoms with van der Waals surface area (Å²) >= 11 is 1.64. The zero-order valence-electron chi connectivity index (χ0n) is 12.5. The molecule has 112 valence electrons. The van der Waals surface area contributed by atoms with Crippen LogP contribution in [0.4, 0.5) is 5.69 Å². The number of carbonyl (C=O) groups excluding carboxylic acids is 1. The Balaban J connectivity index is 1.90. The molecule has 0 aliphatic heterocycles. The van der Waals surface area contributed by atoms with Gasteiger partial charge in [0.05, 0.1) is 16.3 Å². The van der Waals surface area contributed by atoms with Gasteiger partial charge in [-0.25, -0.2) is 4.98 Å². The molecule has 0 unspecified atom stereocenters. The number of carbonyl (C=O) groups is 1. The van der Waals surface area contributed by atoms with Crippen molar-refractivity contribution >= 4 is 22.9 Å². The van der Waals surface area contributed by atoms with E-state index in [1.54, 1.807) is 11.3 Å². The summed E-state index contributed by atoms with van der Waals surface area (Å²) in [6, 6.07) is 7.61. The lowest BCUT2D eigenvalue weighted by Gasteiger charge is -2.11. The third-order valence-corrected chi connectivity index (χ3v) is 3.89. The van der Waals surface area contributed by atoms with Gasteiger partial charge in [0.2, 0.25) is 0 Å². The molecule has 2 aromatic rings. The van der Waals surface area contributed by atoms with Crippen LogP contribution in [0.5, 0.6) is 0 Å². The number of anilines is 1. The molecule has 0 aliphatic rings. The van der Waals surface area contributed by atoms with E-state index in [2.05, 4.69) is 22.5 Å². The van der Waals surface area contributed by atoms with E-state index in [4.69, 9.17) is 0 Å². The number of aromatic nitrogens is 1. The molecule has 1 heterocycles. The Bertz CT molecular complexity index is 595. The Labute approximate surface area is 129 Å². The normalized spacial score (nSPS) is 10.4. The van der Waals surface area contributed by atoms with Crippen LogP contribution >= 0.6 is 11.3 Å². The molecule has 1 aromatic carbocycles. The van der Waals surface area contributed by atoms with E-state index in [0.717, 1.165) is 35.8 Å². The average Bonchev–Trinajstić information content (AvgIpc) is 2.91.